The van der Waals surface area contributed by atoms with Crippen molar-refractivity contribution in [3.63, 3.8) is 0 Å². The van der Waals surface area contributed by atoms with Crippen LogP contribution in [0.1, 0.15) is 174 Å². The van der Waals surface area contributed by atoms with Crippen LogP contribution in [0.3, 0.4) is 0 Å². The average Bonchev–Trinajstić information content (AvgIpc) is 3.29. The first-order chi connectivity index (χ1) is 31.3. The third kappa shape index (κ3) is 33.3. The molecule has 364 valence electrons. The van der Waals surface area contributed by atoms with Gasteiger partial charge in [-0.05, 0) is 89.9 Å². The SMILES string of the molecule is CC/C=C\C/C=C\C/C=C\C/C=C\C/C=C\C/C=C\C/C=C\CCCCCCCCCCCC(=O)NC(COC1OC(CO)C(O)C(O)C1O)C(O)/C=C/CC/C=C/CCCCCC. The van der Waals surface area contributed by atoms with E-state index >= 15 is 0 Å². The molecule has 6 N–H and O–H groups in total. The monoisotopic (exact) mass is 894 g/mol. The Morgan fingerprint density at radius 2 is 0.984 bits per heavy atom. The summed E-state index contributed by atoms with van der Waals surface area (Å²) in [5, 5.41) is 54.1. The lowest BCUT2D eigenvalue weighted by molar-refractivity contribution is -0.302. The third-order valence-corrected chi connectivity index (χ3v) is 11.1. The lowest BCUT2D eigenvalue weighted by atomic mass is 9.99. The molecule has 0 radical (unpaired) electrons. The third-order valence-electron chi connectivity index (χ3n) is 11.1. The molecule has 64 heavy (non-hydrogen) atoms. The van der Waals surface area contributed by atoms with Crippen LogP contribution in [0, 0.1) is 0 Å². The van der Waals surface area contributed by atoms with Crippen molar-refractivity contribution in [1.29, 1.82) is 0 Å². The Bertz CT molecular complexity index is 1360. The molecule has 0 bridgehead atoms. The molecule has 1 saturated heterocycles. The number of hydrogen-bond donors (Lipinski definition) is 6. The highest BCUT2D eigenvalue weighted by molar-refractivity contribution is 5.76. The van der Waals surface area contributed by atoms with Gasteiger partial charge in [0.1, 0.15) is 24.4 Å². The molecule has 0 aromatic carbocycles. The molecule has 0 aromatic rings. The van der Waals surface area contributed by atoms with Crippen LogP contribution in [-0.4, -0.2) is 87.5 Å². The zero-order valence-corrected chi connectivity index (χ0v) is 40.0. The van der Waals surface area contributed by atoms with Gasteiger partial charge in [-0.3, -0.25) is 4.79 Å². The quantitative estimate of drug-likeness (QED) is 0.0263. The fourth-order valence-electron chi connectivity index (χ4n) is 7.09. The molecule has 0 spiro atoms. The Labute approximate surface area is 389 Å². The van der Waals surface area contributed by atoms with Gasteiger partial charge in [-0.25, -0.2) is 0 Å². The van der Waals surface area contributed by atoms with Gasteiger partial charge in [0.15, 0.2) is 6.29 Å². The van der Waals surface area contributed by atoms with Crippen LogP contribution < -0.4 is 5.32 Å². The van der Waals surface area contributed by atoms with Crippen molar-refractivity contribution in [1.82, 2.24) is 5.32 Å². The number of amides is 1. The predicted octanol–water partition coefficient (Wildman–Crippen LogP) is 11.4. The standard InChI is InChI=1S/C55H91NO8/c1-3-5-7-9-11-13-15-16-17-18-19-20-21-22-23-24-25-26-27-28-29-30-31-32-33-34-35-37-39-41-43-45-51(59)56-48(47-63-55-54(62)53(61)52(60)50(46-57)64-55)49(58)44-42-40-38-36-14-12-10-8-6-4-2/h5,7,11,13-14,16-17,19-20,22-23,25-26,28-29,36,42,44,48-50,52-55,57-58,60-62H,3-4,6,8-10,12,15,18,21,24,27,30-35,37-41,43,45-47H2,1-2H3,(H,56,59)/b7-5-,13-11-,17-16-,20-19-,23-22-,26-25-,29-28-,36-14+,44-42+. The van der Waals surface area contributed by atoms with E-state index in [2.05, 4.69) is 116 Å². The minimum Gasteiger partial charge on any atom is -0.394 e. The summed E-state index contributed by atoms with van der Waals surface area (Å²) < 4.78 is 11.2. The molecule has 7 atom stereocenters. The molecule has 1 rings (SSSR count). The van der Waals surface area contributed by atoms with Crippen molar-refractivity contribution < 1.29 is 39.8 Å². The predicted molar refractivity (Wildman–Crippen MR) is 267 cm³/mol. The molecule has 1 aliphatic rings. The van der Waals surface area contributed by atoms with Gasteiger partial charge in [0.25, 0.3) is 0 Å². The first-order valence-corrected chi connectivity index (χ1v) is 25.1. The van der Waals surface area contributed by atoms with Crippen LogP contribution in [0.25, 0.3) is 0 Å². The smallest absolute Gasteiger partial charge is 0.220 e. The molecule has 1 amide bonds. The Hall–Kier alpha value is -3.15. The first-order valence-electron chi connectivity index (χ1n) is 25.1. The molecule has 0 saturated carbocycles. The van der Waals surface area contributed by atoms with Gasteiger partial charge in [0.05, 0.1) is 25.4 Å². The van der Waals surface area contributed by atoms with E-state index in [4.69, 9.17) is 9.47 Å². The Balaban J connectivity index is 2.21. The number of carbonyl (C=O) groups excluding carboxylic acids is 1. The molecule has 0 aliphatic carbocycles. The molecule has 9 nitrogen and oxygen atoms in total. The molecule has 7 unspecified atom stereocenters. The highest BCUT2D eigenvalue weighted by Gasteiger charge is 2.44. The summed E-state index contributed by atoms with van der Waals surface area (Å²) in [6.07, 6.45) is 57.2. The Morgan fingerprint density at radius 3 is 1.50 bits per heavy atom. The maximum atomic E-state index is 13.0. The second kappa shape index (κ2) is 43.7. The summed E-state index contributed by atoms with van der Waals surface area (Å²) in [6, 6.07) is -0.830. The number of hydrogen-bond acceptors (Lipinski definition) is 8. The van der Waals surface area contributed by atoms with Gasteiger partial charge in [-0.2, -0.15) is 0 Å². The van der Waals surface area contributed by atoms with Crippen LogP contribution in [-0.2, 0) is 14.3 Å². The lowest BCUT2D eigenvalue weighted by Crippen LogP contribution is -2.60. The summed E-state index contributed by atoms with van der Waals surface area (Å²) in [5.74, 6) is -0.202. The minimum atomic E-state index is -1.58. The largest absolute Gasteiger partial charge is 0.394 e. The van der Waals surface area contributed by atoms with Crippen LogP contribution in [0.5, 0.6) is 0 Å². The van der Waals surface area contributed by atoms with Gasteiger partial charge in [-0.15, -0.1) is 0 Å². The van der Waals surface area contributed by atoms with E-state index in [0.717, 1.165) is 96.3 Å². The van der Waals surface area contributed by atoms with Gasteiger partial charge in [0, 0.05) is 6.42 Å². The van der Waals surface area contributed by atoms with Crippen molar-refractivity contribution in [3.05, 3.63) is 109 Å². The van der Waals surface area contributed by atoms with E-state index in [0.29, 0.717) is 6.42 Å². The summed E-state index contributed by atoms with van der Waals surface area (Å²) in [6.45, 7) is 3.58. The lowest BCUT2D eigenvalue weighted by Gasteiger charge is -2.40. The zero-order chi connectivity index (χ0) is 46.6. The van der Waals surface area contributed by atoms with E-state index in [1.54, 1.807) is 6.08 Å². The minimum absolute atomic E-state index is 0.202. The van der Waals surface area contributed by atoms with Crippen molar-refractivity contribution >= 4 is 5.91 Å². The van der Waals surface area contributed by atoms with E-state index < -0.39 is 49.5 Å². The molecule has 1 fully saturated rings. The number of aliphatic hydroxyl groups is 5. The van der Waals surface area contributed by atoms with Crippen molar-refractivity contribution in [3.8, 4) is 0 Å². The summed E-state index contributed by atoms with van der Waals surface area (Å²) in [4.78, 5) is 13.0. The van der Waals surface area contributed by atoms with Gasteiger partial charge < -0.3 is 40.3 Å². The summed E-state index contributed by atoms with van der Waals surface area (Å²) in [7, 11) is 0. The van der Waals surface area contributed by atoms with E-state index in [-0.39, 0.29) is 12.5 Å². The van der Waals surface area contributed by atoms with Crippen LogP contribution >= 0.6 is 0 Å². The topological polar surface area (TPSA) is 149 Å². The molecular formula is C55H91NO8. The van der Waals surface area contributed by atoms with Gasteiger partial charge in [0.2, 0.25) is 5.91 Å². The number of rotatable bonds is 40. The maximum absolute atomic E-state index is 13.0. The highest BCUT2D eigenvalue weighted by Crippen LogP contribution is 2.22. The zero-order valence-electron chi connectivity index (χ0n) is 40.0. The highest BCUT2D eigenvalue weighted by atomic mass is 16.7. The van der Waals surface area contributed by atoms with Crippen molar-refractivity contribution in [2.75, 3.05) is 13.2 Å². The summed E-state index contributed by atoms with van der Waals surface area (Å²) >= 11 is 0. The van der Waals surface area contributed by atoms with Crippen LogP contribution in [0.15, 0.2) is 109 Å². The number of unbranched alkanes of at least 4 members (excludes halogenated alkanes) is 14. The Kier molecular flexibility index (Phi) is 40.2. The van der Waals surface area contributed by atoms with E-state index in [1.807, 2.05) is 6.08 Å². The van der Waals surface area contributed by atoms with Gasteiger partial charge in [-0.1, -0.05) is 187 Å². The fourth-order valence-corrected chi connectivity index (χ4v) is 7.09. The molecule has 1 heterocycles. The van der Waals surface area contributed by atoms with Crippen molar-refractivity contribution in [2.24, 2.45) is 0 Å². The number of allylic oxidation sites excluding steroid dienone is 17. The number of aliphatic hydroxyl groups excluding tert-OH is 5. The second-order valence-electron chi connectivity index (χ2n) is 16.9. The number of carbonyl (C=O) groups is 1. The summed E-state index contributed by atoms with van der Waals surface area (Å²) in [5.41, 5.74) is 0. The van der Waals surface area contributed by atoms with Gasteiger partial charge >= 0.3 is 0 Å². The Morgan fingerprint density at radius 1 is 0.547 bits per heavy atom. The normalized spacial score (nSPS) is 21.0. The molecule has 0 aromatic heterocycles. The molecule has 9 heteroatoms. The number of ether oxygens (including phenoxy) is 2. The maximum Gasteiger partial charge on any atom is 0.220 e. The van der Waals surface area contributed by atoms with Crippen LogP contribution in [0.2, 0.25) is 0 Å². The average molecular weight is 894 g/mol. The molecular weight excluding hydrogens is 803 g/mol. The van der Waals surface area contributed by atoms with Crippen LogP contribution in [0.4, 0.5) is 0 Å². The van der Waals surface area contributed by atoms with Crippen molar-refractivity contribution in [2.45, 2.75) is 217 Å². The molecule has 1 aliphatic heterocycles. The second-order valence-corrected chi connectivity index (χ2v) is 16.9. The fraction of sp³-hybridized carbons (Fsp3) is 0.655. The number of nitrogens with one attached hydrogen (secondary N) is 1. The van der Waals surface area contributed by atoms with E-state index in [9.17, 15) is 30.3 Å². The van der Waals surface area contributed by atoms with E-state index in [1.165, 1.54) is 57.8 Å². The first kappa shape index (κ1) is 58.9.